The van der Waals surface area contributed by atoms with Gasteiger partial charge in [0.05, 0.1) is 6.42 Å². The highest BCUT2D eigenvalue weighted by atomic mass is 16.2. The fourth-order valence-corrected chi connectivity index (χ4v) is 0.799. The van der Waals surface area contributed by atoms with Crippen LogP contribution in [0.5, 0.6) is 0 Å². The van der Waals surface area contributed by atoms with E-state index in [1.165, 1.54) is 0 Å². The largest absolute Gasteiger partial charge is 0.369 e. The Bertz CT molecular complexity index is 154. The molecule has 3 nitrogen and oxygen atoms in total. The first-order chi connectivity index (χ1) is 5.06. The number of carbonyl (C=O) groups is 2. The molecule has 0 aromatic carbocycles. The van der Waals surface area contributed by atoms with Gasteiger partial charge in [0.2, 0.25) is 5.91 Å². The van der Waals surface area contributed by atoms with Gasteiger partial charge < -0.3 is 5.73 Å². The quantitative estimate of drug-likeness (QED) is 0.602. The van der Waals surface area contributed by atoms with Gasteiger partial charge in [-0.1, -0.05) is 20.3 Å². The molecular weight excluding hydrogens is 142 g/mol. The number of Topliss-reactive ketones (excluding diaryl/α,β-unsaturated/α-hetero) is 1. The molecule has 11 heavy (non-hydrogen) atoms. The molecule has 0 aromatic rings. The van der Waals surface area contributed by atoms with E-state index in [1.54, 1.807) is 0 Å². The van der Waals surface area contributed by atoms with Crippen LogP contribution in [0.4, 0.5) is 0 Å². The number of hydrogen-bond acceptors (Lipinski definition) is 2. The van der Waals surface area contributed by atoms with Crippen molar-refractivity contribution < 1.29 is 9.59 Å². The summed E-state index contributed by atoms with van der Waals surface area (Å²) in [7, 11) is 0. The van der Waals surface area contributed by atoms with Crippen molar-refractivity contribution in [3.8, 4) is 0 Å². The average Bonchev–Trinajstić information content (AvgIpc) is 1.85. The summed E-state index contributed by atoms with van der Waals surface area (Å²) in [5.74, 6) is -0.216. The Labute approximate surface area is 67.0 Å². The monoisotopic (exact) mass is 157 g/mol. The van der Waals surface area contributed by atoms with Gasteiger partial charge in [0.1, 0.15) is 5.78 Å². The van der Waals surface area contributed by atoms with E-state index in [0.717, 1.165) is 6.42 Å². The summed E-state index contributed by atoms with van der Waals surface area (Å²) >= 11 is 0. The average molecular weight is 157 g/mol. The first-order valence-electron chi connectivity index (χ1n) is 3.86. The Morgan fingerprint density at radius 2 is 2.00 bits per heavy atom. The number of ketones is 1. The van der Waals surface area contributed by atoms with Crippen LogP contribution in [-0.4, -0.2) is 11.7 Å². The SMILES string of the molecule is CC[C@H](C)CC(=O)CC(N)=O. The van der Waals surface area contributed by atoms with Crippen molar-refractivity contribution in [3.63, 3.8) is 0 Å². The van der Waals surface area contributed by atoms with Gasteiger partial charge in [0.15, 0.2) is 0 Å². The Kier molecular flexibility index (Phi) is 4.50. The zero-order chi connectivity index (χ0) is 8.85. The van der Waals surface area contributed by atoms with E-state index in [0.29, 0.717) is 12.3 Å². The number of carbonyl (C=O) groups excluding carboxylic acids is 2. The van der Waals surface area contributed by atoms with Crippen molar-refractivity contribution in [2.24, 2.45) is 11.7 Å². The summed E-state index contributed by atoms with van der Waals surface area (Å²) in [6.07, 6.45) is 1.33. The van der Waals surface area contributed by atoms with Crippen molar-refractivity contribution in [1.82, 2.24) is 0 Å². The van der Waals surface area contributed by atoms with Gasteiger partial charge in [-0.2, -0.15) is 0 Å². The van der Waals surface area contributed by atoms with Gasteiger partial charge in [0, 0.05) is 6.42 Å². The molecule has 1 atom stereocenters. The Morgan fingerprint density at radius 3 is 2.36 bits per heavy atom. The molecule has 64 valence electrons. The molecule has 0 unspecified atom stereocenters. The van der Waals surface area contributed by atoms with Gasteiger partial charge in [-0.15, -0.1) is 0 Å². The molecule has 0 radical (unpaired) electrons. The van der Waals surface area contributed by atoms with E-state index in [2.05, 4.69) is 0 Å². The molecule has 3 heteroatoms. The third kappa shape index (κ3) is 5.58. The molecule has 1 amide bonds. The summed E-state index contributed by atoms with van der Waals surface area (Å²) in [6.45, 7) is 4.00. The zero-order valence-electron chi connectivity index (χ0n) is 7.09. The van der Waals surface area contributed by atoms with Crippen LogP contribution in [0.2, 0.25) is 0 Å². The molecule has 0 heterocycles. The molecule has 0 fully saturated rings. The molecule has 0 saturated carbocycles. The maximum atomic E-state index is 10.9. The summed E-state index contributed by atoms with van der Waals surface area (Å²) in [4.78, 5) is 21.2. The van der Waals surface area contributed by atoms with Gasteiger partial charge >= 0.3 is 0 Å². The predicted molar refractivity (Wildman–Crippen MR) is 42.9 cm³/mol. The van der Waals surface area contributed by atoms with E-state index >= 15 is 0 Å². The lowest BCUT2D eigenvalue weighted by Crippen LogP contribution is -2.17. The van der Waals surface area contributed by atoms with Gasteiger partial charge in [-0.3, -0.25) is 9.59 Å². The summed E-state index contributed by atoms with van der Waals surface area (Å²) in [5.41, 5.74) is 4.85. The van der Waals surface area contributed by atoms with Crippen LogP contribution in [0, 0.1) is 5.92 Å². The molecule has 0 rings (SSSR count). The van der Waals surface area contributed by atoms with Gasteiger partial charge in [-0.05, 0) is 5.92 Å². The van der Waals surface area contributed by atoms with Crippen LogP contribution in [0.25, 0.3) is 0 Å². The normalized spacial score (nSPS) is 12.5. The number of rotatable bonds is 5. The first kappa shape index (κ1) is 10.1. The van der Waals surface area contributed by atoms with Crippen LogP contribution in [0.15, 0.2) is 0 Å². The first-order valence-corrected chi connectivity index (χ1v) is 3.86. The van der Waals surface area contributed by atoms with E-state index in [9.17, 15) is 9.59 Å². The maximum absolute atomic E-state index is 10.9. The molecule has 0 aromatic heterocycles. The lowest BCUT2D eigenvalue weighted by atomic mass is 10.0. The highest BCUT2D eigenvalue weighted by molar-refractivity contribution is 5.97. The van der Waals surface area contributed by atoms with Crippen LogP contribution in [0.3, 0.4) is 0 Å². The second-order valence-corrected chi connectivity index (χ2v) is 2.90. The Hall–Kier alpha value is -0.860. The number of hydrogen-bond donors (Lipinski definition) is 1. The molecule has 2 N–H and O–H groups in total. The van der Waals surface area contributed by atoms with Gasteiger partial charge in [-0.25, -0.2) is 0 Å². The molecule has 0 aliphatic rings. The lowest BCUT2D eigenvalue weighted by molar-refractivity contribution is -0.126. The highest BCUT2D eigenvalue weighted by Gasteiger charge is 2.09. The molecule has 0 saturated heterocycles. The maximum Gasteiger partial charge on any atom is 0.224 e. The van der Waals surface area contributed by atoms with Crippen molar-refractivity contribution in [2.75, 3.05) is 0 Å². The van der Waals surface area contributed by atoms with E-state index in [4.69, 9.17) is 5.73 Å². The topological polar surface area (TPSA) is 60.2 Å². The summed E-state index contributed by atoms with van der Waals surface area (Å²) < 4.78 is 0. The molecule has 0 aliphatic heterocycles. The highest BCUT2D eigenvalue weighted by Crippen LogP contribution is 2.07. The molecule has 0 aliphatic carbocycles. The summed E-state index contributed by atoms with van der Waals surface area (Å²) in [5, 5.41) is 0. The number of primary amides is 1. The van der Waals surface area contributed by atoms with Crippen LogP contribution in [-0.2, 0) is 9.59 Å². The van der Waals surface area contributed by atoms with Crippen molar-refractivity contribution in [3.05, 3.63) is 0 Å². The van der Waals surface area contributed by atoms with Crippen molar-refractivity contribution >= 4 is 11.7 Å². The third-order valence-corrected chi connectivity index (χ3v) is 1.64. The molecule has 0 spiro atoms. The second kappa shape index (κ2) is 4.88. The molecular formula is C8H15NO2. The number of amides is 1. The number of nitrogens with two attached hydrogens (primary N) is 1. The summed E-state index contributed by atoms with van der Waals surface area (Å²) in [6, 6.07) is 0. The third-order valence-electron chi connectivity index (χ3n) is 1.64. The minimum Gasteiger partial charge on any atom is -0.369 e. The van der Waals surface area contributed by atoms with Gasteiger partial charge in [0.25, 0.3) is 0 Å². The fraction of sp³-hybridized carbons (Fsp3) is 0.750. The van der Waals surface area contributed by atoms with Crippen LogP contribution < -0.4 is 5.73 Å². The Balaban J connectivity index is 3.60. The Morgan fingerprint density at radius 1 is 1.45 bits per heavy atom. The zero-order valence-corrected chi connectivity index (χ0v) is 7.09. The van der Waals surface area contributed by atoms with E-state index < -0.39 is 5.91 Å². The van der Waals surface area contributed by atoms with Crippen molar-refractivity contribution in [1.29, 1.82) is 0 Å². The molecule has 0 bridgehead atoms. The van der Waals surface area contributed by atoms with Crippen molar-refractivity contribution in [2.45, 2.75) is 33.1 Å². The minimum absolute atomic E-state index is 0.0492. The van der Waals surface area contributed by atoms with Crippen LogP contribution >= 0.6 is 0 Å². The smallest absolute Gasteiger partial charge is 0.224 e. The predicted octanol–water partition coefficient (Wildman–Crippen LogP) is 0.867. The fourth-order valence-electron chi connectivity index (χ4n) is 0.799. The van der Waals surface area contributed by atoms with Crippen LogP contribution in [0.1, 0.15) is 33.1 Å². The lowest BCUT2D eigenvalue weighted by Gasteiger charge is -2.04. The second-order valence-electron chi connectivity index (χ2n) is 2.90. The minimum atomic E-state index is -0.529. The van der Waals surface area contributed by atoms with E-state index in [-0.39, 0.29) is 12.2 Å². The standard InChI is InChI=1S/C8H15NO2/c1-3-6(2)4-7(10)5-8(9)11/h6H,3-5H2,1-2H3,(H2,9,11)/t6-/m0/s1. The van der Waals surface area contributed by atoms with E-state index in [1.807, 2.05) is 13.8 Å².